The molecular formula is C22H27NO7S. The highest BCUT2D eigenvalue weighted by atomic mass is 32.2. The molecule has 0 aromatic heterocycles. The summed E-state index contributed by atoms with van der Waals surface area (Å²) in [6.07, 6.45) is -1.09. The Labute approximate surface area is 182 Å². The molecule has 1 atom stereocenters. The van der Waals surface area contributed by atoms with Crippen LogP contribution in [0.2, 0.25) is 0 Å². The third-order valence-corrected chi connectivity index (χ3v) is 6.30. The highest BCUT2D eigenvalue weighted by Gasteiger charge is 2.29. The molecule has 0 unspecified atom stereocenters. The number of carbonyl (C=O) groups is 2. The first-order valence-electron chi connectivity index (χ1n) is 9.72. The molecule has 0 amide bonds. The number of methoxy groups -OCH3 is 1. The predicted octanol–water partition coefficient (Wildman–Crippen LogP) is 3.26. The molecule has 2 aromatic carbocycles. The van der Waals surface area contributed by atoms with Gasteiger partial charge in [-0.25, -0.2) is 18.0 Å². The summed E-state index contributed by atoms with van der Waals surface area (Å²) in [6, 6.07) is 12.0. The van der Waals surface area contributed by atoms with Gasteiger partial charge < -0.3 is 14.2 Å². The molecule has 0 fully saturated rings. The van der Waals surface area contributed by atoms with E-state index >= 15 is 0 Å². The van der Waals surface area contributed by atoms with Crippen molar-refractivity contribution in [3.05, 3.63) is 54.1 Å². The maximum Gasteiger partial charge on any atom is 0.347 e. The minimum Gasteiger partial charge on any atom is -0.497 e. The minimum absolute atomic E-state index is 0.0131. The van der Waals surface area contributed by atoms with Crippen LogP contribution in [0.4, 0.5) is 5.69 Å². The lowest BCUT2D eigenvalue weighted by atomic mass is 10.1. The number of rotatable bonds is 9. The molecule has 0 aliphatic carbocycles. The molecule has 0 saturated carbocycles. The normalized spacial score (nSPS) is 12.2. The van der Waals surface area contributed by atoms with Gasteiger partial charge in [0.05, 0.1) is 29.9 Å². The van der Waals surface area contributed by atoms with Crippen molar-refractivity contribution in [2.24, 2.45) is 5.92 Å². The minimum atomic E-state index is -3.94. The average Bonchev–Trinajstić information content (AvgIpc) is 2.76. The van der Waals surface area contributed by atoms with Crippen LogP contribution in [0, 0.1) is 5.92 Å². The van der Waals surface area contributed by atoms with Gasteiger partial charge in [-0.1, -0.05) is 19.9 Å². The van der Waals surface area contributed by atoms with Crippen molar-refractivity contribution in [3.63, 3.8) is 0 Å². The molecule has 0 N–H and O–H groups in total. The summed E-state index contributed by atoms with van der Waals surface area (Å²) in [6.45, 7) is 5.26. The van der Waals surface area contributed by atoms with Crippen LogP contribution in [0.3, 0.4) is 0 Å². The fraction of sp³-hybridized carbons (Fsp3) is 0.364. The number of ether oxygens (including phenoxy) is 3. The molecule has 0 aliphatic heterocycles. The van der Waals surface area contributed by atoms with Gasteiger partial charge >= 0.3 is 11.9 Å². The molecule has 9 heteroatoms. The summed E-state index contributed by atoms with van der Waals surface area (Å²) in [5.41, 5.74) is 0.440. The zero-order valence-electron chi connectivity index (χ0n) is 18.2. The SMILES string of the molecule is CCOC(=O)[C@@H](OC(=O)c1cccc(S(=O)(=O)N(C)c2ccc(OC)cc2)c1)C(C)C. The van der Waals surface area contributed by atoms with Crippen molar-refractivity contribution in [2.45, 2.75) is 31.8 Å². The first-order chi connectivity index (χ1) is 14.6. The number of anilines is 1. The van der Waals surface area contributed by atoms with Crippen LogP contribution in [0.1, 0.15) is 31.1 Å². The van der Waals surface area contributed by atoms with Gasteiger partial charge in [-0.2, -0.15) is 0 Å². The zero-order valence-corrected chi connectivity index (χ0v) is 19.0. The standard InChI is InChI=1S/C22H27NO7S/c1-6-29-22(25)20(15(2)3)30-21(24)16-8-7-9-19(14-16)31(26,27)23(4)17-10-12-18(28-5)13-11-17/h7-15,20H,6H2,1-5H3/t20-/m0/s1. The maximum absolute atomic E-state index is 13.1. The Kier molecular flexibility index (Phi) is 8.04. The van der Waals surface area contributed by atoms with Crippen LogP contribution >= 0.6 is 0 Å². The van der Waals surface area contributed by atoms with Gasteiger partial charge in [0.15, 0.2) is 0 Å². The molecular weight excluding hydrogens is 422 g/mol. The molecule has 2 aromatic rings. The summed E-state index contributed by atoms with van der Waals surface area (Å²) in [4.78, 5) is 24.6. The van der Waals surface area contributed by atoms with Crippen molar-refractivity contribution < 1.29 is 32.2 Å². The Morgan fingerprint density at radius 3 is 2.26 bits per heavy atom. The van der Waals surface area contributed by atoms with Gasteiger partial charge in [-0.15, -0.1) is 0 Å². The largest absolute Gasteiger partial charge is 0.497 e. The Hall–Kier alpha value is -3.07. The monoisotopic (exact) mass is 449 g/mol. The Balaban J connectivity index is 2.28. The Morgan fingerprint density at radius 2 is 1.71 bits per heavy atom. The van der Waals surface area contributed by atoms with Crippen molar-refractivity contribution in [3.8, 4) is 5.75 Å². The van der Waals surface area contributed by atoms with Crippen LogP contribution in [0.15, 0.2) is 53.4 Å². The summed E-state index contributed by atoms with van der Waals surface area (Å²) >= 11 is 0. The van der Waals surface area contributed by atoms with Crippen molar-refractivity contribution in [2.75, 3.05) is 25.1 Å². The fourth-order valence-electron chi connectivity index (χ4n) is 2.74. The van der Waals surface area contributed by atoms with E-state index in [1.165, 1.54) is 38.4 Å². The molecule has 168 valence electrons. The van der Waals surface area contributed by atoms with Gasteiger partial charge in [-0.05, 0) is 49.4 Å². The van der Waals surface area contributed by atoms with E-state index in [2.05, 4.69) is 0 Å². The van der Waals surface area contributed by atoms with Crippen molar-refractivity contribution in [1.29, 1.82) is 0 Å². The fourth-order valence-corrected chi connectivity index (χ4v) is 3.98. The van der Waals surface area contributed by atoms with Crippen LogP contribution in [-0.4, -0.2) is 47.2 Å². The molecule has 0 saturated heterocycles. The van der Waals surface area contributed by atoms with E-state index in [1.807, 2.05) is 0 Å². The number of nitrogens with zero attached hydrogens (tertiary/aromatic N) is 1. The molecule has 31 heavy (non-hydrogen) atoms. The first-order valence-corrected chi connectivity index (χ1v) is 11.2. The van der Waals surface area contributed by atoms with E-state index in [0.29, 0.717) is 11.4 Å². The second kappa shape index (κ2) is 10.3. The van der Waals surface area contributed by atoms with Crippen molar-refractivity contribution in [1.82, 2.24) is 0 Å². The molecule has 0 spiro atoms. The zero-order chi connectivity index (χ0) is 23.2. The van der Waals surface area contributed by atoms with Gasteiger partial charge in [0.2, 0.25) is 6.10 Å². The number of esters is 2. The second-order valence-electron chi connectivity index (χ2n) is 7.02. The first kappa shape index (κ1) is 24.2. The van der Waals surface area contributed by atoms with E-state index < -0.39 is 28.1 Å². The van der Waals surface area contributed by atoms with E-state index in [1.54, 1.807) is 45.0 Å². The van der Waals surface area contributed by atoms with Gasteiger partial charge in [0.25, 0.3) is 10.0 Å². The van der Waals surface area contributed by atoms with Gasteiger partial charge in [0.1, 0.15) is 5.75 Å². The summed E-state index contributed by atoms with van der Waals surface area (Å²) < 4.78 is 42.6. The number of carbonyl (C=O) groups excluding carboxylic acids is 2. The van der Waals surface area contributed by atoms with Crippen LogP contribution in [0.5, 0.6) is 5.75 Å². The van der Waals surface area contributed by atoms with E-state index in [-0.39, 0.29) is 23.0 Å². The van der Waals surface area contributed by atoms with Crippen LogP contribution < -0.4 is 9.04 Å². The second-order valence-corrected chi connectivity index (χ2v) is 8.99. The van der Waals surface area contributed by atoms with Gasteiger partial charge in [-0.3, -0.25) is 4.31 Å². The molecule has 0 bridgehead atoms. The Bertz CT molecular complexity index is 1020. The third-order valence-electron chi connectivity index (χ3n) is 4.52. The van der Waals surface area contributed by atoms with Gasteiger partial charge in [0, 0.05) is 13.0 Å². The van der Waals surface area contributed by atoms with Crippen molar-refractivity contribution >= 4 is 27.6 Å². The molecule has 0 aliphatic rings. The highest BCUT2D eigenvalue weighted by Crippen LogP contribution is 2.25. The molecule has 0 radical (unpaired) electrons. The smallest absolute Gasteiger partial charge is 0.347 e. The molecule has 0 heterocycles. The lowest BCUT2D eigenvalue weighted by Gasteiger charge is -2.21. The summed E-state index contributed by atoms with van der Waals surface area (Å²) in [7, 11) is -1.01. The molecule has 8 nitrogen and oxygen atoms in total. The number of hydrogen-bond acceptors (Lipinski definition) is 7. The predicted molar refractivity (Wildman–Crippen MR) is 116 cm³/mol. The topological polar surface area (TPSA) is 99.2 Å². The maximum atomic E-state index is 13.1. The number of hydrogen-bond donors (Lipinski definition) is 0. The summed E-state index contributed by atoms with van der Waals surface area (Å²) in [5, 5.41) is 0. The lowest BCUT2D eigenvalue weighted by Crippen LogP contribution is -2.34. The quantitative estimate of drug-likeness (QED) is 0.542. The summed E-state index contributed by atoms with van der Waals surface area (Å²) in [5.74, 6) is -1.17. The molecule has 2 rings (SSSR count). The van der Waals surface area contributed by atoms with Crippen LogP contribution in [0.25, 0.3) is 0 Å². The van der Waals surface area contributed by atoms with E-state index in [0.717, 1.165) is 4.31 Å². The lowest BCUT2D eigenvalue weighted by molar-refractivity contribution is -0.155. The third kappa shape index (κ3) is 5.75. The number of sulfonamides is 1. The number of benzene rings is 2. The average molecular weight is 450 g/mol. The van der Waals surface area contributed by atoms with E-state index in [4.69, 9.17) is 14.2 Å². The highest BCUT2D eigenvalue weighted by molar-refractivity contribution is 7.92. The van der Waals surface area contributed by atoms with E-state index in [9.17, 15) is 18.0 Å². The van der Waals surface area contributed by atoms with Crippen LogP contribution in [-0.2, 0) is 24.3 Å². The Morgan fingerprint density at radius 1 is 1.06 bits per heavy atom.